The second-order valence-electron chi connectivity index (χ2n) is 8.31. The highest BCUT2D eigenvalue weighted by molar-refractivity contribution is 5.82. The third kappa shape index (κ3) is 7.15. The number of hydrogen-bond donors (Lipinski definition) is 4. The van der Waals surface area contributed by atoms with Crippen LogP contribution in [0.15, 0.2) is 48.5 Å². The summed E-state index contributed by atoms with van der Waals surface area (Å²) < 4.78 is 0. The topological polar surface area (TPSA) is 109 Å². The van der Waals surface area contributed by atoms with Crippen molar-refractivity contribution in [1.29, 1.82) is 0 Å². The molecular formula is C23H32N2O4. The second kappa shape index (κ2) is 9.85. The van der Waals surface area contributed by atoms with Gasteiger partial charge in [0.1, 0.15) is 11.6 Å². The van der Waals surface area contributed by atoms with E-state index >= 15 is 0 Å². The van der Waals surface area contributed by atoms with E-state index < -0.39 is 23.5 Å². The van der Waals surface area contributed by atoms with Crippen LogP contribution in [0.5, 0.6) is 0 Å². The van der Waals surface area contributed by atoms with Crippen LogP contribution in [0.25, 0.3) is 10.8 Å². The molecule has 1 saturated heterocycles. The molecule has 2 unspecified atom stereocenters. The van der Waals surface area contributed by atoms with Crippen LogP contribution >= 0.6 is 0 Å². The normalized spacial score (nSPS) is 22.4. The summed E-state index contributed by atoms with van der Waals surface area (Å²) in [7, 11) is 0. The van der Waals surface area contributed by atoms with Gasteiger partial charge in [-0.15, -0.1) is 0 Å². The van der Waals surface area contributed by atoms with Crippen LogP contribution in [0.2, 0.25) is 0 Å². The highest BCUT2D eigenvalue weighted by Gasteiger charge is 2.44. The molecule has 6 nitrogen and oxygen atoms in total. The highest BCUT2D eigenvalue weighted by Crippen LogP contribution is 2.29. The Labute approximate surface area is 172 Å². The molecule has 2 aromatic carbocycles. The van der Waals surface area contributed by atoms with Gasteiger partial charge in [0.2, 0.25) is 0 Å². The molecular weight excluding hydrogens is 368 g/mol. The minimum absolute atomic E-state index is 0.0673. The standard InChI is InChI=1S/C10H8.C9H17NO2.C4H7NO2/c1-2-6-10-8-4-3-7-9(10)5-1;1-7(8(11)12)10-9(2)5-3-4-6-9;1-4(2-5-4)3(6)7/h1-8H;7,10H,3-6H2,1-2H3,(H,11,12);5H,2H2,1H3,(H,6,7). The van der Waals surface area contributed by atoms with E-state index in [1.807, 2.05) is 0 Å². The minimum Gasteiger partial charge on any atom is -0.480 e. The van der Waals surface area contributed by atoms with Crippen molar-refractivity contribution in [2.75, 3.05) is 6.54 Å². The Morgan fingerprint density at radius 3 is 1.66 bits per heavy atom. The summed E-state index contributed by atoms with van der Waals surface area (Å²) in [5.74, 6) is -1.52. The number of benzene rings is 2. The number of nitrogens with one attached hydrogen (secondary N) is 2. The first-order valence-corrected chi connectivity index (χ1v) is 10.1. The summed E-state index contributed by atoms with van der Waals surface area (Å²) in [6.07, 6.45) is 4.64. The lowest BCUT2D eigenvalue weighted by atomic mass is 9.99. The quantitative estimate of drug-likeness (QED) is 0.583. The fourth-order valence-electron chi connectivity index (χ4n) is 3.30. The predicted molar refractivity (Wildman–Crippen MR) is 115 cm³/mol. The Morgan fingerprint density at radius 2 is 1.38 bits per heavy atom. The average molecular weight is 401 g/mol. The number of aliphatic carboxylic acids is 2. The average Bonchev–Trinajstić information content (AvgIpc) is 3.32. The molecule has 6 heteroatoms. The van der Waals surface area contributed by atoms with E-state index in [1.165, 1.54) is 23.6 Å². The summed E-state index contributed by atoms with van der Waals surface area (Å²) >= 11 is 0. The van der Waals surface area contributed by atoms with Crippen molar-refractivity contribution in [3.63, 3.8) is 0 Å². The van der Waals surface area contributed by atoms with E-state index in [2.05, 4.69) is 66.1 Å². The molecule has 2 aromatic rings. The highest BCUT2D eigenvalue weighted by atomic mass is 16.4. The third-order valence-corrected chi connectivity index (χ3v) is 5.48. The van der Waals surface area contributed by atoms with E-state index in [-0.39, 0.29) is 5.54 Å². The van der Waals surface area contributed by atoms with Crippen molar-refractivity contribution in [3.8, 4) is 0 Å². The van der Waals surface area contributed by atoms with E-state index in [0.717, 1.165) is 12.8 Å². The Hall–Kier alpha value is -2.44. The third-order valence-electron chi connectivity index (χ3n) is 5.48. The first-order chi connectivity index (χ1) is 13.7. The molecule has 0 aromatic heterocycles. The Balaban J connectivity index is 0.000000160. The summed E-state index contributed by atoms with van der Waals surface area (Å²) in [5, 5.41) is 25.4. The molecule has 4 rings (SSSR count). The molecule has 0 spiro atoms. The molecule has 1 aliphatic carbocycles. The molecule has 1 heterocycles. The zero-order valence-electron chi connectivity index (χ0n) is 17.4. The lowest BCUT2D eigenvalue weighted by molar-refractivity contribution is -0.140. The van der Waals surface area contributed by atoms with Crippen LogP contribution in [0.3, 0.4) is 0 Å². The molecule has 0 bridgehead atoms. The van der Waals surface area contributed by atoms with Crippen molar-refractivity contribution in [2.45, 2.75) is 63.6 Å². The van der Waals surface area contributed by atoms with E-state index in [1.54, 1.807) is 13.8 Å². The van der Waals surface area contributed by atoms with Crippen LogP contribution < -0.4 is 10.6 Å². The van der Waals surface area contributed by atoms with E-state index in [0.29, 0.717) is 6.54 Å². The van der Waals surface area contributed by atoms with Gasteiger partial charge in [0.25, 0.3) is 0 Å². The summed E-state index contributed by atoms with van der Waals surface area (Å²) in [6.45, 7) is 6.09. The summed E-state index contributed by atoms with van der Waals surface area (Å²) in [5.41, 5.74) is -0.516. The first kappa shape index (κ1) is 22.8. The smallest absolute Gasteiger partial charge is 0.324 e. The van der Waals surface area contributed by atoms with Crippen LogP contribution in [0.1, 0.15) is 46.5 Å². The van der Waals surface area contributed by atoms with Crippen molar-refractivity contribution < 1.29 is 19.8 Å². The Bertz CT molecular complexity index is 761. The van der Waals surface area contributed by atoms with Gasteiger partial charge in [0.05, 0.1) is 0 Å². The van der Waals surface area contributed by atoms with Gasteiger partial charge < -0.3 is 10.2 Å². The summed E-state index contributed by atoms with van der Waals surface area (Å²) in [6, 6.07) is 16.3. The largest absolute Gasteiger partial charge is 0.480 e. The van der Waals surface area contributed by atoms with E-state index in [4.69, 9.17) is 10.2 Å². The maximum atomic E-state index is 10.6. The van der Waals surface area contributed by atoms with Crippen LogP contribution in [-0.4, -0.2) is 45.8 Å². The second-order valence-corrected chi connectivity index (χ2v) is 8.31. The minimum atomic E-state index is -0.761. The molecule has 1 saturated carbocycles. The van der Waals surface area contributed by atoms with E-state index in [9.17, 15) is 9.59 Å². The van der Waals surface area contributed by atoms with Crippen LogP contribution in [-0.2, 0) is 9.59 Å². The van der Waals surface area contributed by atoms with Gasteiger partial charge >= 0.3 is 11.9 Å². The zero-order chi connectivity index (χ0) is 21.5. The maximum Gasteiger partial charge on any atom is 0.324 e. The lowest BCUT2D eigenvalue weighted by Gasteiger charge is -2.27. The Kier molecular flexibility index (Phi) is 7.76. The number of carbonyl (C=O) groups is 2. The van der Waals surface area contributed by atoms with Crippen LogP contribution in [0, 0.1) is 0 Å². The molecule has 0 amide bonds. The Morgan fingerprint density at radius 1 is 0.966 bits per heavy atom. The number of rotatable bonds is 4. The number of fused-ring (bicyclic) bond motifs is 1. The first-order valence-electron chi connectivity index (χ1n) is 10.1. The van der Waals surface area contributed by atoms with Gasteiger partial charge in [-0.25, -0.2) is 0 Å². The van der Waals surface area contributed by atoms with Crippen molar-refractivity contribution in [1.82, 2.24) is 10.6 Å². The lowest BCUT2D eigenvalue weighted by Crippen LogP contribution is -2.48. The molecule has 1 aliphatic heterocycles. The predicted octanol–water partition coefficient (Wildman–Crippen LogP) is 3.65. The number of carboxylic acid groups (broad SMARTS) is 2. The monoisotopic (exact) mass is 400 g/mol. The molecule has 158 valence electrons. The molecule has 2 aliphatic rings. The molecule has 4 N–H and O–H groups in total. The van der Waals surface area contributed by atoms with Gasteiger partial charge in [0.15, 0.2) is 0 Å². The molecule has 2 fully saturated rings. The molecule has 0 radical (unpaired) electrons. The van der Waals surface area contributed by atoms with Gasteiger partial charge in [-0.2, -0.15) is 0 Å². The maximum absolute atomic E-state index is 10.6. The van der Waals surface area contributed by atoms with Crippen molar-refractivity contribution >= 4 is 22.7 Å². The fraction of sp³-hybridized carbons (Fsp3) is 0.478. The number of hydrogen-bond acceptors (Lipinski definition) is 4. The van der Waals surface area contributed by atoms with Crippen LogP contribution in [0.4, 0.5) is 0 Å². The van der Waals surface area contributed by atoms with Crippen molar-refractivity contribution in [2.24, 2.45) is 0 Å². The van der Waals surface area contributed by atoms with Gasteiger partial charge in [-0.1, -0.05) is 61.4 Å². The number of carboxylic acids is 2. The SMILES string of the molecule is CC(NC1(C)CCCC1)C(=O)O.CC1(C(=O)O)CN1.c1ccc2ccccc2c1. The van der Waals surface area contributed by atoms with Gasteiger partial charge in [-0.3, -0.25) is 20.2 Å². The molecule has 29 heavy (non-hydrogen) atoms. The summed E-state index contributed by atoms with van der Waals surface area (Å²) in [4.78, 5) is 20.6. The van der Waals surface area contributed by atoms with Gasteiger partial charge in [-0.05, 0) is 44.4 Å². The molecule has 2 atom stereocenters. The van der Waals surface area contributed by atoms with Gasteiger partial charge in [0, 0.05) is 12.1 Å². The van der Waals surface area contributed by atoms with Crippen molar-refractivity contribution in [3.05, 3.63) is 48.5 Å². The fourth-order valence-corrected chi connectivity index (χ4v) is 3.30. The zero-order valence-corrected chi connectivity index (χ0v) is 17.4.